The van der Waals surface area contributed by atoms with Gasteiger partial charge in [0.15, 0.2) is 0 Å². The van der Waals surface area contributed by atoms with Gasteiger partial charge >= 0.3 is 0 Å². The first kappa shape index (κ1) is 21.1. The van der Waals surface area contributed by atoms with E-state index in [1.54, 1.807) is 6.08 Å². The third-order valence-electron chi connectivity index (χ3n) is 4.76. The normalized spacial score (nSPS) is 12.9. The molecule has 1 heterocycles. The molecule has 3 N–H and O–H groups in total. The number of anilines is 1. The van der Waals surface area contributed by atoms with Crippen LogP contribution in [0.2, 0.25) is 0 Å². The molecule has 0 unspecified atom stereocenters. The van der Waals surface area contributed by atoms with Crippen LogP contribution < -0.4 is 21.1 Å². The van der Waals surface area contributed by atoms with Gasteiger partial charge in [-0.05, 0) is 36.1 Å². The van der Waals surface area contributed by atoms with E-state index in [1.807, 2.05) is 53.4 Å². The molecule has 3 amide bonds. The number of hydrogen-bond donors (Lipinski definition) is 3. The summed E-state index contributed by atoms with van der Waals surface area (Å²) < 4.78 is 0. The summed E-state index contributed by atoms with van der Waals surface area (Å²) in [4.78, 5) is 37.9. The highest BCUT2D eigenvalue weighted by Crippen LogP contribution is 2.26. The highest BCUT2D eigenvalue weighted by Gasteiger charge is 2.18. The molecule has 0 saturated heterocycles. The van der Waals surface area contributed by atoms with Gasteiger partial charge in [0.2, 0.25) is 11.8 Å². The van der Waals surface area contributed by atoms with Gasteiger partial charge in [-0.1, -0.05) is 48.5 Å². The molecule has 30 heavy (non-hydrogen) atoms. The fraction of sp³-hybridized carbons (Fsp3) is 0.261. The second-order valence-corrected chi connectivity index (χ2v) is 7.04. The summed E-state index contributed by atoms with van der Waals surface area (Å²) >= 11 is 0. The monoisotopic (exact) mass is 406 g/mol. The van der Waals surface area contributed by atoms with Crippen molar-refractivity contribution in [2.45, 2.75) is 19.3 Å². The van der Waals surface area contributed by atoms with E-state index in [2.05, 4.69) is 22.2 Å². The molecule has 0 fully saturated rings. The smallest absolute Gasteiger partial charge is 0.257 e. The largest absolute Gasteiger partial charge is 0.362 e. The lowest BCUT2D eigenvalue weighted by molar-refractivity contribution is -0.128. The summed E-state index contributed by atoms with van der Waals surface area (Å²) in [7, 11) is 0. The molecule has 1 aliphatic heterocycles. The molecule has 1 aliphatic rings. The second-order valence-electron chi connectivity index (χ2n) is 7.04. The zero-order chi connectivity index (χ0) is 21.2. The van der Waals surface area contributed by atoms with Gasteiger partial charge in [-0.15, -0.1) is 0 Å². The molecule has 7 nitrogen and oxygen atoms in total. The average molecular weight is 406 g/mol. The number of aryl methyl sites for hydroxylation is 1. The van der Waals surface area contributed by atoms with Crippen LogP contribution in [0, 0.1) is 0 Å². The Bertz CT molecular complexity index is 912. The van der Waals surface area contributed by atoms with Crippen molar-refractivity contribution in [3.63, 3.8) is 0 Å². The predicted octanol–water partition coefficient (Wildman–Crippen LogP) is 1.81. The number of para-hydroxylation sites is 1. The highest BCUT2D eigenvalue weighted by molar-refractivity contribution is 5.92. The van der Waals surface area contributed by atoms with Crippen LogP contribution in [0.5, 0.6) is 0 Å². The summed E-state index contributed by atoms with van der Waals surface area (Å²) in [6.45, 7) is 1.17. The van der Waals surface area contributed by atoms with Gasteiger partial charge < -0.3 is 10.2 Å². The quantitative estimate of drug-likeness (QED) is 0.483. The molecule has 0 radical (unpaired) electrons. The van der Waals surface area contributed by atoms with Crippen LogP contribution in [0.15, 0.2) is 60.7 Å². The number of fused-ring (bicyclic) bond motifs is 1. The van der Waals surface area contributed by atoms with E-state index in [-0.39, 0.29) is 37.2 Å². The highest BCUT2D eigenvalue weighted by atomic mass is 16.2. The second kappa shape index (κ2) is 10.8. The lowest BCUT2D eigenvalue weighted by atomic mass is 10.0. The number of benzene rings is 2. The number of amides is 3. The van der Waals surface area contributed by atoms with Gasteiger partial charge in [-0.3, -0.25) is 25.2 Å². The van der Waals surface area contributed by atoms with Crippen molar-refractivity contribution in [1.29, 1.82) is 0 Å². The third-order valence-corrected chi connectivity index (χ3v) is 4.76. The number of nitrogens with zero attached hydrogens (tertiary/aromatic N) is 1. The third kappa shape index (κ3) is 6.48. The Hall–Kier alpha value is -3.61. The van der Waals surface area contributed by atoms with E-state index < -0.39 is 0 Å². The number of carbonyl (C=O) groups excluding carboxylic acids is 3. The van der Waals surface area contributed by atoms with Crippen molar-refractivity contribution < 1.29 is 14.4 Å². The standard InChI is InChI=1S/C23H26N4O3/c28-21(13-12-18-7-2-1-3-8-18)24-15-14-22(29)25-26-23(30)17-27-16-6-10-19-9-4-5-11-20(19)27/h1-5,7-9,11-13H,6,10,14-17H2,(H,24,28)(H,25,29)(H,26,30)/b13-12+. The number of rotatable bonds is 7. The molecule has 0 aromatic heterocycles. The SMILES string of the molecule is O=C(/C=C/c1ccccc1)NCCC(=O)NNC(=O)CN1CCCc2ccccc21. The van der Waals surface area contributed by atoms with Gasteiger partial charge in [-0.2, -0.15) is 0 Å². The number of carbonyl (C=O) groups is 3. The van der Waals surface area contributed by atoms with Gasteiger partial charge in [0.25, 0.3) is 5.91 Å². The summed E-state index contributed by atoms with van der Waals surface area (Å²) in [6.07, 6.45) is 5.20. The van der Waals surface area contributed by atoms with Gasteiger partial charge in [0, 0.05) is 31.3 Å². The number of hydrazine groups is 1. The topological polar surface area (TPSA) is 90.5 Å². The van der Waals surface area contributed by atoms with E-state index in [0.29, 0.717) is 0 Å². The molecular weight excluding hydrogens is 380 g/mol. The lowest BCUT2D eigenvalue weighted by Crippen LogP contribution is -2.47. The first-order valence-corrected chi connectivity index (χ1v) is 10.0. The molecule has 156 valence electrons. The number of hydrogen-bond acceptors (Lipinski definition) is 4. The molecule has 2 aromatic rings. The van der Waals surface area contributed by atoms with Crippen LogP contribution in [0.1, 0.15) is 24.0 Å². The fourth-order valence-corrected chi connectivity index (χ4v) is 3.28. The molecule has 2 aromatic carbocycles. The van der Waals surface area contributed by atoms with E-state index in [4.69, 9.17) is 0 Å². The minimum absolute atomic E-state index is 0.0672. The molecular formula is C23H26N4O3. The van der Waals surface area contributed by atoms with Gasteiger partial charge in [-0.25, -0.2) is 0 Å². The first-order valence-electron chi connectivity index (χ1n) is 10.0. The van der Waals surface area contributed by atoms with Crippen molar-refractivity contribution in [2.75, 3.05) is 24.5 Å². The van der Waals surface area contributed by atoms with Crippen molar-refractivity contribution >= 4 is 29.5 Å². The summed E-state index contributed by atoms with van der Waals surface area (Å²) in [5.41, 5.74) is 8.05. The minimum atomic E-state index is -0.366. The summed E-state index contributed by atoms with van der Waals surface area (Å²) in [5, 5.41) is 2.64. The van der Waals surface area contributed by atoms with Crippen LogP contribution in [0.25, 0.3) is 6.08 Å². The first-order chi connectivity index (χ1) is 14.6. The van der Waals surface area contributed by atoms with Crippen molar-refractivity contribution in [3.8, 4) is 0 Å². The van der Waals surface area contributed by atoms with Crippen LogP contribution >= 0.6 is 0 Å². The van der Waals surface area contributed by atoms with Crippen LogP contribution in [-0.2, 0) is 20.8 Å². The average Bonchev–Trinajstić information content (AvgIpc) is 2.77. The maximum absolute atomic E-state index is 12.2. The van der Waals surface area contributed by atoms with Crippen molar-refractivity contribution in [2.24, 2.45) is 0 Å². The fourth-order valence-electron chi connectivity index (χ4n) is 3.28. The van der Waals surface area contributed by atoms with Crippen LogP contribution in [0.3, 0.4) is 0 Å². The number of nitrogens with one attached hydrogen (secondary N) is 3. The molecule has 0 spiro atoms. The summed E-state index contributed by atoms with van der Waals surface area (Å²) in [6, 6.07) is 17.5. The summed E-state index contributed by atoms with van der Waals surface area (Å²) in [5.74, 6) is -0.927. The van der Waals surface area contributed by atoms with Crippen LogP contribution in [-0.4, -0.2) is 37.4 Å². The molecule has 0 atom stereocenters. The van der Waals surface area contributed by atoms with Gasteiger partial charge in [0.05, 0.1) is 6.54 Å². The lowest BCUT2D eigenvalue weighted by Gasteiger charge is -2.30. The minimum Gasteiger partial charge on any atom is -0.362 e. The maximum atomic E-state index is 12.2. The Morgan fingerprint density at radius 2 is 1.67 bits per heavy atom. The van der Waals surface area contributed by atoms with E-state index in [1.165, 1.54) is 11.6 Å². The van der Waals surface area contributed by atoms with E-state index >= 15 is 0 Å². The Balaban J connectivity index is 1.33. The predicted molar refractivity (Wildman–Crippen MR) is 116 cm³/mol. The van der Waals surface area contributed by atoms with Gasteiger partial charge in [0.1, 0.15) is 0 Å². The van der Waals surface area contributed by atoms with E-state index in [0.717, 1.165) is 30.6 Å². The molecule has 3 rings (SSSR count). The van der Waals surface area contributed by atoms with Crippen molar-refractivity contribution in [3.05, 3.63) is 71.8 Å². The zero-order valence-electron chi connectivity index (χ0n) is 16.8. The van der Waals surface area contributed by atoms with E-state index in [9.17, 15) is 14.4 Å². The molecule has 0 saturated carbocycles. The maximum Gasteiger partial charge on any atom is 0.257 e. The Labute approximate surface area is 176 Å². The molecule has 7 heteroatoms. The Morgan fingerprint density at radius 1 is 0.933 bits per heavy atom. The zero-order valence-corrected chi connectivity index (χ0v) is 16.8. The molecule has 0 bridgehead atoms. The van der Waals surface area contributed by atoms with Crippen LogP contribution in [0.4, 0.5) is 5.69 Å². The van der Waals surface area contributed by atoms with Crippen molar-refractivity contribution in [1.82, 2.24) is 16.2 Å². The molecule has 0 aliphatic carbocycles. The Kier molecular flexibility index (Phi) is 7.60. The Morgan fingerprint density at radius 3 is 2.50 bits per heavy atom.